The van der Waals surface area contributed by atoms with E-state index in [4.69, 9.17) is 18.9 Å². The number of halogens is 1. The molecule has 28 heavy (non-hydrogen) atoms. The Morgan fingerprint density at radius 1 is 1.07 bits per heavy atom. The number of hydrogen-bond acceptors (Lipinski definition) is 10. The molecule has 3 heterocycles. The molecular formula is C16H17IN4O7. The fourth-order valence-electron chi connectivity index (χ4n) is 2.95. The van der Waals surface area contributed by atoms with Crippen LogP contribution in [0.15, 0.2) is 12.7 Å². The van der Waals surface area contributed by atoms with Gasteiger partial charge < -0.3 is 18.9 Å². The number of carbonyl (C=O) groups is 3. The van der Waals surface area contributed by atoms with Crippen molar-refractivity contribution >= 4 is 51.7 Å². The summed E-state index contributed by atoms with van der Waals surface area (Å²) >= 11 is 2.03. The Kier molecular flexibility index (Phi) is 6.07. The third kappa shape index (κ3) is 4.22. The number of carbonyl (C=O) groups excluding carboxylic acids is 3. The Morgan fingerprint density at radius 2 is 1.75 bits per heavy atom. The van der Waals surface area contributed by atoms with Gasteiger partial charge in [-0.15, -0.1) is 0 Å². The van der Waals surface area contributed by atoms with Crippen molar-refractivity contribution < 1.29 is 33.3 Å². The Bertz CT molecular complexity index is 918. The molecule has 0 aromatic carbocycles. The third-order valence-electron chi connectivity index (χ3n) is 3.94. The van der Waals surface area contributed by atoms with E-state index in [1.54, 1.807) is 4.57 Å². The number of hydrogen-bond donors (Lipinski definition) is 0. The fraction of sp³-hybridized carbons (Fsp3) is 0.500. The van der Waals surface area contributed by atoms with Crippen molar-refractivity contribution in [1.29, 1.82) is 0 Å². The number of imidazole rings is 1. The van der Waals surface area contributed by atoms with E-state index in [0.29, 0.717) is 14.9 Å². The molecule has 4 atom stereocenters. The van der Waals surface area contributed by atoms with Crippen molar-refractivity contribution in [2.24, 2.45) is 0 Å². The maximum absolute atomic E-state index is 11.7. The normalized spacial score (nSPS) is 24.1. The van der Waals surface area contributed by atoms with Crippen LogP contribution in [-0.4, -0.2) is 62.3 Å². The zero-order valence-corrected chi connectivity index (χ0v) is 17.4. The Labute approximate surface area is 172 Å². The monoisotopic (exact) mass is 504 g/mol. The second-order valence-electron chi connectivity index (χ2n) is 6.00. The lowest BCUT2D eigenvalue weighted by Gasteiger charge is -2.24. The molecule has 0 N–H and O–H groups in total. The highest BCUT2D eigenvalue weighted by Crippen LogP contribution is 2.36. The van der Waals surface area contributed by atoms with Crippen LogP contribution < -0.4 is 0 Å². The summed E-state index contributed by atoms with van der Waals surface area (Å²) in [5.41, 5.74) is 0.997. The summed E-state index contributed by atoms with van der Waals surface area (Å²) < 4.78 is 24.0. The molecule has 1 fully saturated rings. The number of esters is 3. The molecule has 3 rings (SSSR count). The van der Waals surface area contributed by atoms with Crippen molar-refractivity contribution in [1.82, 2.24) is 19.5 Å². The molecule has 150 valence electrons. The van der Waals surface area contributed by atoms with Gasteiger partial charge >= 0.3 is 17.9 Å². The minimum absolute atomic E-state index is 0.179. The van der Waals surface area contributed by atoms with Gasteiger partial charge in [0.05, 0.1) is 0 Å². The van der Waals surface area contributed by atoms with E-state index in [-0.39, 0.29) is 6.61 Å². The highest BCUT2D eigenvalue weighted by molar-refractivity contribution is 14.1. The van der Waals surface area contributed by atoms with Crippen LogP contribution in [-0.2, 0) is 33.3 Å². The summed E-state index contributed by atoms with van der Waals surface area (Å²) in [6.07, 6.45) is -0.853. The lowest BCUT2D eigenvalue weighted by molar-refractivity contribution is -0.166. The van der Waals surface area contributed by atoms with Crippen LogP contribution in [0.1, 0.15) is 27.0 Å². The van der Waals surface area contributed by atoms with Crippen molar-refractivity contribution in [3.05, 3.63) is 16.4 Å². The van der Waals surface area contributed by atoms with Crippen molar-refractivity contribution in [2.75, 3.05) is 6.61 Å². The Morgan fingerprint density at radius 3 is 2.39 bits per heavy atom. The molecule has 0 unspecified atom stereocenters. The quantitative estimate of drug-likeness (QED) is 0.249. The molecule has 0 bridgehead atoms. The van der Waals surface area contributed by atoms with Gasteiger partial charge in [-0.1, -0.05) is 0 Å². The highest BCUT2D eigenvalue weighted by atomic mass is 127. The summed E-state index contributed by atoms with van der Waals surface area (Å²) in [5, 5.41) is 0. The van der Waals surface area contributed by atoms with Gasteiger partial charge in [0.1, 0.15) is 34.6 Å². The van der Waals surface area contributed by atoms with E-state index in [9.17, 15) is 14.4 Å². The summed E-state index contributed by atoms with van der Waals surface area (Å²) in [6.45, 7) is 3.53. The third-order valence-corrected chi connectivity index (χ3v) is 4.72. The van der Waals surface area contributed by atoms with Crippen LogP contribution in [0.5, 0.6) is 0 Å². The lowest BCUT2D eigenvalue weighted by Crippen LogP contribution is -2.40. The van der Waals surface area contributed by atoms with Crippen LogP contribution in [0, 0.1) is 3.70 Å². The molecule has 0 aliphatic carbocycles. The first-order valence-corrected chi connectivity index (χ1v) is 9.32. The molecule has 1 aliphatic heterocycles. The first-order chi connectivity index (χ1) is 13.3. The van der Waals surface area contributed by atoms with Crippen molar-refractivity contribution in [2.45, 2.75) is 45.3 Å². The van der Waals surface area contributed by atoms with Crippen LogP contribution in [0.2, 0.25) is 0 Å². The zero-order chi connectivity index (χ0) is 20.4. The smallest absolute Gasteiger partial charge is 0.303 e. The topological polar surface area (TPSA) is 132 Å². The van der Waals surface area contributed by atoms with Gasteiger partial charge in [-0.25, -0.2) is 15.0 Å². The van der Waals surface area contributed by atoms with Crippen LogP contribution in [0.3, 0.4) is 0 Å². The predicted octanol–water partition coefficient (Wildman–Crippen LogP) is 0.755. The predicted molar refractivity (Wildman–Crippen MR) is 99.7 cm³/mol. The summed E-state index contributed by atoms with van der Waals surface area (Å²) in [5.74, 6) is -1.69. The van der Waals surface area contributed by atoms with Gasteiger partial charge in [-0.2, -0.15) is 0 Å². The molecule has 0 spiro atoms. The minimum atomic E-state index is -0.990. The van der Waals surface area contributed by atoms with Gasteiger partial charge in [-0.05, 0) is 22.6 Å². The SMILES string of the molecule is CC(=O)OC[C@H]1O[C@@H](n2cnc3ncnc(I)c32)[C@H](OC(C)=O)[C@@H]1OC(C)=O. The van der Waals surface area contributed by atoms with Gasteiger partial charge in [0.2, 0.25) is 0 Å². The van der Waals surface area contributed by atoms with Crippen LogP contribution in [0.4, 0.5) is 0 Å². The summed E-state index contributed by atoms with van der Waals surface area (Å²) in [7, 11) is 0. The lowest BCUT2D eigenvalue weighted by atomic mass is 10.1. The van der Waals surface area contributed by atoms with E-state index in [1.807, 2.05) is 22.6 Å². The molecule has 1 aliphatic rings. The molecule has 2 aromatic heterocycles. The molecule has 1 saturated heterocycles. The zero-order valence-electron chi connectivity index (χ0n) is 15.2. The number of aromatic nitrogens is 4. The number of nitrogens with zero attached hydrogens (tertiary/aromatic N) is 4. The van der Waals surface area contributed by atoms with E-state index in [2.05, 4.69) is 15.0 Å². The van der Waals surface area contributed by atoms with E-state index in [1.165, 1.54) is 33.4 Å². The molecule has 2 aromatic rings. The number of fused-ring (bicyclic) bond motifs is 1. The molecule has 0 saturated carbocycles. The van der Waals surface area contributed by atoms with Gasteiger partial charge in [0, 0.05) is 20.8 Å². The summed E-state index contributed by atoms with van der Waals surface area (Å²) in [4.78, 5) is 47.0. The average molecular weight is 504 g/mol. The molecule has 0 radical (unpaired) electrons. The average Bonchev–Trinajstić information content (AvgIpc) is 3.16. The minimum Gasteiger partial charge on any atom is -0.463 e. The van der Waals surface area contributed by atoms with Crippen LogP contribution in [0.25, 0.3) is 11.2 Å². The van der Waals surface area contributed by atoms with Crippen LogP contribution >= 0.6 is 22.6 Å². The van der Waals surface area contributed by atoms with E-state index < -0.39 is 42.4 Å². The van der Waals surface area contributed by atoms with Crippen molar-refractivity contribution in [3.8, 4) is 0 Å². The maximum Gasteiger partial charge on any atom is 0.303 e. The first-order valence-electron chi connectivity index (χ1n) is 8.24. The first kappa shape index (κ1) is 20.4. The van der Waals surface area contributed by atoms with Gasteiger partial charge in [-0.3, -0.25) is 19.0 Å². The van der Waals surface area contributed by atoms with Crippen molar-refractivity contribution in [3.63, 3.8) is 0 Å². The summed E-state index contributed by atoms with van der Waals surface area (Å²) in [6, 6.07) is 0. The molecule has 0 amide bonds. The highest BCUT2D eigenvalue weighted by Gasteiger charge is 2.51. The van der Waals surface area contributed by atoms with E-state index in [0.717, 1.165) is 0 Å². The Hall–Kier alpha value is -2.35. The second-order valence-corrected chi connectivity index (χ2v) is 7.03. The second kappa shape index (κ2) is 8.34. The fourth-order valence-corrected chi connectivity index (χ4v) is 3.59. The van der Waals surface area contributed by atoms with E-state index >= 15 is 0 Å². The molecule has 11 nitrogen and oxygen atoms in total. The number of ether oxygens (including phenoxy) is 4. The Balaban J connectivity index is 2.02. The largest absolute Gasteiger partial charge is 0.463 e. The van der Waals surface area contributed by atoms with Gasteiger partial charge in [0.25, 0.3) is 0 Å². The molecule has 12 heteroatoms. The maximum atomic E-state index is 11.7. The standard InChI is InChI=1S/C16H17IN4O7/c1-7(22)25-4-10-12(26-8(2)23)13(27-9(3)24)16(28-10)21-6-20-15-11(21)14(17)18-5-19-15/h5-6,10,12-13,16H,4H2,1-3H3/t10-,12-,13-,16-/m1/s1. The molecular weight excluding hydrogens is 487 g/mol. The number of rotatable bonds is 5. The van der Waals surface area contributed by atoms with Gasteiger partial charge in [0.15, 0.2) is 24.1 Å².